The van der Waals surface area contributed by atoms with Gasteiger partial charge in [0.2, 0.25) is 10.0 Å². The molecule has 1 fully saturated rings. The zero-order chi connectivity index (χ0) is 22.4. The molecule has 0 radical (unpaired) electrons. The van der Waals surface area contributed by atoms with Crippen molar-refractivity contribution in [1.29, 1.82) is 0 Å². The molecule has 0 bridgehead atoms. The Morgan fingerprint density at radius 1 is 0.969 bits per heavy atom. The van der Waals surface area contributed by atoms with E-state index in [-0.39, 0.29) is 17.3 Å². The summed E-state index contributed by atoms with van der Waals surface area (Å²) in [6, 6.07) is 17.8. The molecule has 0 aliphatic carbocycles. The van der Waals surface area contributed by atoms with Crippen LogP contribution in [-0.2, 0) is 27.8 Å². The van der Waals surface area contributed by atoms with E-state index in [1.165, 1.54) is 35.6 Å². The number of amides is 1. The number of rotatable bonds is 8. The topological polar surface area (TPSA) is 87.7 Å². The van der Waals surface area contributed by atoms with E-state index >= 15 is 0 Å². The Labute approximate surface area is 192 Å². The first-order valence-corrected chi connectivity index (χ1v) is 12.7. The van der Waals surface area contributed by atoms with Crippen LogP contribution in [0, 0.1) is 0 Å². The molecule has 7 nitrogen and oxygen atoms in total. The summed E-state index contributed by atoms with van der Waals surface area (Å²) in [5.74, 6) is -0.252. The molecule has 2 heterocycles. The standard InChI is InChI=1S/C23H25N3O4S2/c27-23(24-16-18-3-7-20(8-4-18)26-11-13-30-14-12-26)19-5-9-22(10-6-19)32(28,29)25-17-21-2-1-15-31-21/h1-10,15,25H,11-14,16-17H2,(H,24,27). The molecule has 0 saturated carbocycles. The first-order valence-electron chi connectivity index (χ1n) is 10.3. The fraction of sp³-hybridized carbons (Fsp3) is 0.261. The number of ether oxygens (including phenoxy) is 1. The van der Waals surface area contributed by atoms with E-state index in [1.54, 1.807) is 0 Å². The summed E-state index contributed by atoms with van der Waals surface area (Å²) in [7, 11) is -3.63. The molecular formula is C23H25N3O4S2. The van der Waals surface area contributed by atoms with E-state index in [1.807, 2.05) is 29.6 Å². The predicted octanol–water partition coefficient (Wildman–Crippen LogP) is 2.99. The molecule has 0 spiro atoms. The van der Waals surface area contributed by atoms with Gasteiger partial charge in [-0.05, 0) is 53.4 Å². The highest BCUT2D eigenvalue weighted by atomic mass is 32.2. The van der Waals surface area contributed by atoms with Gasteiger partial charge in [-0.3, -0.25) is 4.79 Å². The Balaban J connectivity index is 1.30. The van der Waals surface area contributed by atoms with E-state index in [2.05, 4.69) is 27.1 Å². The number of morpholine rings is 1. The predicted molar refractivity (Wildman–Crippen MR) is 125 cm³/mol. The van der Waals surface area contributed by atoms with Gasteiger partial charge in [0.1, 0.15) is 0 Å². The van der Waals surface area contributed by atoms with Crippen molar-refractivity contribution < 1.29 is 17.9 Å². The van der Waals surface area contributed by atoms with Gasteiger partial charge in [0.15, 0.2) is 0 Å². The maximum Gasteiger partial charge on any atom is 0.251 e. The van der Waals surface area contributed by atoms with Crippen LogP contribution >= 0.6 is 11.3 Å². The fourth-order valence-corrected chi connectivity index (χ4v) is 5.12. The Bertz CT molecular complexity index is 1120. The smallest absolute Gasteiger partial charge is 0.251 e. The highest BCUT2D eigenvalue weighted by molar-refractivity contribution is 7.89. The number of carbonyl (C=O) groups excluding carboxylic acids is 1. The van der Waals surface area contributed by atoms with Gasteiger partial charge in [-0.1, -0.05) is 18.2 Å². The van der Waals surface area contributed by atoms with Crippen LogP contribution in [0.1, 0.15) is 20.8 Å². The van der Waals surface area contributed by atoms with Crippen LogP contribution in [0.5, 0.6) is 0 Å². The van der Waals surface area contributed by atoms with Gasteiger partial charge in [0.25, 0.3) is 5.91 Å². The van der Waals surface area contributed by atoms with Crippen LogP contribution < -0.4 is 14.9 Å². The van der Waals surface area contributed by atoms with Crippen LogP contribution in [0.3, 0.4) is 0 Å². The average molecular weight is 472 g/mol. The molecule has 1 aromatic heterocycles. The summed E-state index contributed by atoms with van der Waals surface area (Å²) < 4.78 is 32.8. The van der Waals surface area contributed by atoms with Gasteiger partial charge < -0.3 is 15.0 Å². The van der Waals surface area contributed by atoms with Crippen molar-refractivity contribution in [2.45, 2.75) is 18.0 Å². The van der Waals surface area contributed by atoms with Gasteiger partial charge in [0, 0.05) is 42.3 Å². The van der Waals surface area contributed by atoms with Gasteiger partial charge in [-0.25, -0.2) is 13.1 Å². The molecule has 1 amide bonds. The molecule has 1 aliphatic rings. The van der Waals surface area contributed by atoms with Crippen molar-refractivity contribution in [3.8, 4) is 0 Å². The molecule has 0 unspecified atom stereocenters. The molecule has 2 aromatic carbocycles. The summed E-state index contributed by atoms with van der Waals surface area (Å²) >= 11 is 1.49. The van der Waals surface area contributed by atoms with Crippen molar-refractivity contribution in [2.75, 3.05) is 31.2 Å². The lowest BCUT2D eigenvalue weighted by Gasteiger charge is -2.28. The third-order valence-corrected chi connectivity index (χ3v) is 7.50. The molecular weight excluding hydrogens is 446 g/mol. The Morgan fingerprint density at radius 3 is 2.34 bits per heavy atom. The van der Waals surface area contributed by atoms with Crippen LogP contribution in [0.15, 0.2) is 70.9 Å². The summed E-state index contributed by atoms with van der Waals surface area (Å²) in [5.41, 5.74) is 2.55. The minimum atomic E-state index is -3.63. The Hall–Kier alpha value is -2.72. The van der Waals surface area contributed by atoms with E-state index in [4.69, 9.17) is 4.74 Å². The number of nitrogens with one attached hydrogen (secondary N) is 2. The first-order chi connectivity index (χ1) is 15.5. The molecule has 1 aliphatic heterocycles. The summed E-state index contributed by atoms with van der Waals surface area (Å²) in [6.07, 6.45) is 0. The van der Waals surface area contributed by atoms with E-state index in [0.717, 1.165) is 42.4 Å². The number of sulfonamides is 1. The molecule has 4 rings (SSSR count). The number of carbonyl (C=O) groups is 1. The van der Waals surface area contributed by atoms with E-state index < -0.39 is 10.0 Å². The van der Waals surface area contributed by atoms with Gasteiger partial charge in [-0.2, -0.15) is 0 Å². The molecule has 0 atom stereocenters. The number of anilines is 1. The number of thiophene rings is 1. The molecule has 2 N–H and O–H groups in total. The van der Waals surface area contributed by atoms with Crippen molar-refractivity contribution in [3.63, 3.8) is 0 Å². The average Bonchev–Trinajstić information content (AvgIpc) is 3.36. The first kappa shape index (κ1) is 22.5. The van der Waals surface area contributed by atoms with Crippen LogP contribution in [0.2, 0.25) is 0 Å². The minimum absolute atomic E-state index is 0.129. The highest BCUT2D eigenvalue weighted by Crippen LogP contribution is 2.17. The van der Waals surface area contributed by atoms with Crippen molar-refractivity contribution in [1.82, 2.24) is 10.0 Å². The monoisotopic (exact) mass is 471 g/mol. The van der Waals surface area contributed by atoms with Crippen LogP contribution in [0.25, 0.3) is 0 Å². The van der Waals surface area contributed by atoms with Crippen molar-refractivity contribution in [3.05, 3.63) is 82.0 Å². The second-order valence-electron chi connectivity index (χ2n) is 7.38. The van der Waals surface area contributed by atoms with Gasteiger partial charge >= 0.3 is 0 Å². The SMILES string of the molecule is O=C(NCc1ccc(N2CCOCC2)cc1)c1ccc(S(=O)(=O)NCc2cccs2)cc1. The fourth-order valence-electron chi connectivity index (χ4n) is 3.38. The summed E-state index contributed by atoms with van der Waals surface area (Å²) in [4.78, 5) is 15.8. The van der Waals surface area contributed by atoms with E-state index in [9.17, 15) is 13.2 Å². The molecule has 168 valence electrons. The normalized spacial score (nSPS) is 14.3. The third kappa shape index (κ3) is 5.74. The zero-order valence-corrected chi connectivity index (χ0v) is 19.1. The van der Waals surface area contributed by atoms with Crippen molar-refractivity contribution >= 4 is 33.0 Å². The zero-order valence-electron chi connectivity index (χ0n) is 17.5. The number of hydrogen-bond acceptors (Lipinski definition) is 6. The molecule has 9 heteroatoms. The minimum Gasteiger partial charge on any atom is -0.378 e. The Kier molecular flexibility index (Phi) is 7.21. The number of nitrogens with zero attached hydrogens (tertiary/aromatic N) is 1. The third-order valence-electron chi connectivity index (χ3n) is 5.21. The van der Waals surface area contributed by atoms with Crippen LogP contribution in [-0.4, -0.2) is 40.6 Å². The van der Waals surface area contributed by atoms with Gasteiger partial charge in [0.05, 0.1) is 18.1 Å². The lowest BCUT2D eigenvalue weighted by Crippen LogP contribution is -2.36. The number of hydrogen-bond donors (Lipinski definition) is 2. The second-order valence-corrected chi connectivity index (χ2v) is 10.2. The summed E-state index contributed by atoms with van der Waals surface area (Å²) in [5, 5.41) is 4.78. The maximum atomic E-state index is 12.5. The molecule has 32 heavy (non-hydrogen) atoms. The largest absolute Gasteiger partial charge is 0.378 e. The molecule has 3 aromatic rings. The lowest BCUT2D eigenvalue weighted by molar-refractivity contribution is 0.0950. The summed E-state index contributed by atoms with van der Waals surface area (Å²) in [6.45, 7) is 3.87. The number of benzene rings is 2. The quantitative estimate of drug-likeness (QED) is 0.527. The van der Waals surface area contributed by atoms with Crippen LogP contribution in [0.4, 0.5) is 5.69 Å². The maximum absolute atomic E-state index is 12.5. The second kappa shape index (κ2) is 10.3. The molecule has 1 saturated heterocycles. The Morgan fingerprint density at radius 2 is 1.69 bits per heavy atom. The van der Waals surface area contributed by atoms with E-state index in [0.29, 0.717) is 12.1 Å². The van der Waals surface area contributed by atoms with Crippen molar-refractivity contribution in [2.24, 2.45) is 0 Å². The van der Waals surface area contributed by atoms with Gasteiger partial charge in [-0.15, -0.1) is 11.3 Å². The lowest BCUT2D eigenvalue weighted by atomic mass is 10.1. The highest BCUT2D eigenvalue weighted by Gasteiger charge is 2.15.